The predicted octanol–water partition coefficient (Wildman–Crippen LogP) is 2.34. The topological polar surface area (TPSA) is 62.7 Å². The highest BCUT2D eigenvalue weighted by Crippen LogP contribution is 2.34. The average molecular weight is 304 g/mol. The Kier molecular flexibility index (Phi) is 3.90. The van der Waals surface area contributed by atoms with Crippen LogP contribution in [0.4, 0.5) is 0 Å². The number of carboxylic acids is 1. The molecule has 1 atom stereocenters. The number of hydrogen-bond donors (Lipinski definition) is 1. The Hall–Kier alpha value is -1.92. The quantitative estimate of drug-likeness (QED) is 0.939. The van der Waals surface area contributed by atoms with Crippen molar-refractivity contribution in [1.82, 2.24) is 9.88 Å². The van der Waals surface area contributed by atoms with Gasteiger partial charge in [0.15, 0.2) is 0 Å². The summed E-state index contributed by atoms with van der Waals surface area (Å²) in [5.41, 5.74) is 1.92. The summed E-state index contributed by atoms with van der Waals surface area (Å²) in [5, 5.41) is 11.5. The minimum Gasteiger partial charge on any atom is -0.481 e. The lowest BCUT2D eigenvalue weighted by Gasteiger charge is -2.33. The van der Waals surface area contributed by atoms with Gasteiger partial charge < -0.3 is 9.84 Å². The van der Waals surface area contributed by atoms with Crippen molar-refractivity contribution in [3.05, 3.63) is 45.8 Å². The van der Waals surface area contributed by atoms with Crippen LogP contribution < -0.4 is 4.74 Å². The first-order valence-electron chi connectivity index (χ1n) is 6.71. The zero-order chi connectivity index (χ0) is 14.8. The van der Waals surface area contributed by atoms with E-state index in [0.717, 1.165) is 24.1 Å². The zero-order valence-corrected chi connectivity index (χ0v) is 12.5. The summed E-state index contributed by atoms with van der Waals surface area (Å²) in [4.78, 5) is 19.0. The fourth-order valence-electron chi connectivity index (χ4n) is 2.69. The Morgan fingerprint density at radius 1 is 1.52 bits per heavy atom. The van der Waals surface area contributed by atoms with Gasteiger partial charge in [-0.15, -0.1) is 11.3 Å². The summed E-state index contributed by atoms with van der Waals surface area (Å²) in [6.45, 7) is 1.32. The molecule has 0 amide bonds. The molecule has 0 radical (unpaired) electrons. The van der Waals surface area contributed by atoms with Crippen molar-refractivity contribution in [3.63, 3.8) is 0 Å². The number of ether oxygens (including phenoxy) is 1. The fourth-order valence-corrected chi connectivity index (χ4v) is 3.59. The van der Waals surface area contributed by atoms with Gasteiger partial charge in [-0.3, -0.25) is 9.69 Å². The standard InChI is InChI=1S/C15H16N2O3S/c1-20-13-3-2-10(8-16-13)9-17-6-4-12-11(5-7-21-12)14(17)15(18)19/h2-3,5,7-8,14H,4,6,9H2,1H3,(H,18,19). The minimum absolute atomic E-state index is 0.562. The maximum atomic E-state index is 11.6. The Labute approximate surface area is 126 Å². The first-order valence-corrected chi connectivity index (χ1v) is 7.59. The van der Waals surface area contributed by atoms with E-state index in [1.165, 1.54) is 4.88 Å². The van der Waals surface area contributed by atoms with Gasteiger partial charge in [0.2, 0.25) is 5.88 Å². The van der Waals surface area contributed by atoms with Gasteiger partial charge in [0.05, 0.1) is 7.11 Å². The number of carbonyl (C=O) groups is 1. The lowest BCUT2D eigenvalue weighted by Crippen LogP contribution is -2.38. The van der Waals surface area contributed by atoms with Crippen LogP contribution >= 0.6 is 11.3 Å². The van der Waals surface area contributed by atoms with E-state index in [0.29, 0.717) is 12.4 Å². The molecular formula is C15H16N2O3S. The Morgan fingerprint density at radius 2 is 2.38 bits per heavy atom. The van der Waals surface area contributed by atoms with Crippen LogP contribution in [0.1, 0.15) is 22.0 Å². The molecule has 0 bridgehead atoms. The van der Waals surface area contributed by atoms with Crippen LogP contribution in [0.2, 0.25) is 0 Å². The number of fused-ring (bicyclic) bond motifs is 1. The largest absolute Gasteiger partial charge is 0.481 e. The molecule has 1 N–H and O–H groups in total. The summed E-state index contributed by atoms with van der Waals surface area (Å²) >= 11 is 1.64. The first kappa shape index (κ1) is 14.0. The van der Waals surface area contributed by atoms with Crippen LogP contribution in [-0.4, -0.2) is 34.6 Å². The molecule has 0 aromatic carbocycles. The molecule has 0 aliphatic carbocycles. The highest BCUT2D eigenvalue weighted by atomic mass is 32.1. The molecule has 5 nitrogen and oxygen atoms in total. The van der Waals surface area contributed by atoms with Crippen molar-refractivity contribution in [2.45, 2.75) is 19.0 Å². The Morgan fingerprint density at radius 3 is 3.05 bits per heavy atom. The number of pyridine rings is 1. The van der Waals surface area contributed by atoms with Crippen molar-refractivity contribution in [2.75, 3.05) is 13.7 Å². The second-order valence-corrected chi connectivity index (χ2v) is 5.97. The van der Waals surface area contributed by atoms with Crippen molar-refractivity contribution >= 4 is 17.3 Å². The summed E-state index contributed by atoms with van der Waals surface area (Å²) < 4.78 is 5.04. The molecule has 0 saturated carbocycles. The molecule has 110 valence electrons. The molecule has 1 unspecified atom stereocenters. The van der Waals surface area contributed by atoms with E-state index in [1.807, 2.05) is 22.4 Å². The number of rotatable bonds is 4. The number of thiophene rings is 1. The number of methoxy groups -OCH3 is 1. The SMILES string of the molecule is COc1ccc(CN2CCc3sccc3C2C(=O)O)cn1. The van der Waals surface area contributed by atoms with Crippen molar-refractivity contribution in [1.29, 1.82) is 0 Å². The van der Waals surface area contributed by atoms with Gasteiger partial charge >= 0.3 is 5.97 Å². The molecule has 0 saturated heterocycles. The molecule has 0 fully saturated rings. The molecule has 6 heteroatoms. The van der Waals surface area contributed by atoms with E-state index >= 15 is 0 Å². The second kappa shape index (κ2) is 5.83. The van der Waals surface area contributed by atoms with E-state index in [2.05, 4.69) is 4.98 Å². The number of aliphatic carboxylic acids is 1. The number of hydrogen-bond acceptors (Lipinski definition) is 5. The lowest BCUT2D eigenvalue weighted by atomic mass is 9.99. The van der Waals surface area contributed by atoms with Gasteiger partial charge in [0.25, 0.3) is 0 Å². The molecule has 0 spiro atoms. The molecule has 1 aliphatic rings. The van der Waals surface area contributed by atoms with E-state index < -0.39 is 12.0 Å². The number of carboxylic acid groups (broad SMARTS) is 1. The highest BCUT2D eigenvalue weighted by Gasteiger charge is 2.33. The average Bonchev–Trinajstić information content (AvgIpc) is 2.95. The van der Waals surface area contributed by atoms with Crippen molar-refractivity contribution in [3.8, 4) is 5.88 Å². The normalized spacial score (nSPS) is 18.2. The van der Waals surface area contributed by atoms with Crippen LogP contribution in [0.5, 0.6) is 5.88 Å². The van der Waals surface area contributed by atoms with Gasteiger partial charge in [-0.05, 0) is 29.0 Å². The number of nitrogens with zero attached hydrogens (tertiary/aromatic N) is 2. The number of aromatic nitrogens is 1. The van der Waals surface area contributed by atoms with Gasteiger partial charge in [0.1, 0.15) is 6.04 Å². The van der Waals surface area contributed by atoms with Gasteiger partial charge in [-0.2, -0.15) is 0 Å². The molecule has 21 heavy (non-hydrogen) atoms. The molecule has 3 rings (SSSR count). The van der Waals surface area contributed by atoms with E-state index in [-0.39, 0.29) is 0 Å². The maximum Gasteiger partial charge on any atom is 0.325 e. The minimum atomic E-state index is -0.796. The summed E-state index contributed by atoms with van der Waals surface area (Å²) in [5.74, 6) is -0.233. The summed E-state index contributed by atoms with van der Waals surface area (Å²) in [7, 11) is 1.57. The van der Waals surface area contributed by atoms with Crippen LogP contribution in [0.25, 0.3) is 0 Å². The maximum absolute atomic E-state index is 11.6. The third-order valence-corrected chi connectivity index (χ3v) is 4.69. The fraction of sp³-hybridized carbons (Fsp3) is 0.333. The van der Waals surface area contributed by atoms with E-state index in [9.17, 15) is 9.90 Å². The lowest BCUT2D eigenvalue weighted by molar-refractivity contribution is -0.144. The first-order chi connectivity index (χ1) is 10.2. The van der Waals surface area contributed by atoms with Crippen LogP contribution in [0.3, 0.4) is 0 Å². The molecule has 3 heterocycles. The van der Waals surface area contributed by atoms with Crippen LogP contribution in [0.15, 0.2) is 29.8 Å². The van der Waals surface area contributed by atoms with Gasteiger partial charge in [-0.25, -0.2) is 4.98 Å². The Balaban J connectivity index is 1.82. The van der Waals surface area contributed by atoms with E-state index in [4.69, 9.17) is 4.74 Å². The third-order valence-electron chi connectivity index (χ3n) is 3.69. The predicted molar refractivity (Wildman–Crippen MR) is 79.6 cm³/mol. The van der Waals surface area contributed by atoms with Crippen molar-refractivity contribution < 1.29 is 14.6 Å². The Bertz CT molecular complexity index is 639. The molecule has 2 aromatic rings. The zero-order valence-electron chi connectivity index (χ0n) is 11.7. The van der Waals surface area contributed by atoms with Crippen LogP contribution in [0, 0.1) is 0 Å². The molecule has 1 aliphatic heterocycles. The molecule has 2 aromatic heterocycles. The van der Waals surface area contributed by atoms with Crippen molar-refractivity contribution in [2.24, 2.45) is 0 Å². The monoisotopic (exact) mass is 304 g/mol. The molecular weight excluding hydrogens is 288 g/mol. The summed E-state index contributed by atoms with van der Waals surface area (Å²) in [6.07, 6.45) is 2.64. The summed E-state index contributed by atoms with van der Waals surface area (Å²) in [6, 6.07) is 5.08. The second-order valence-electron chi connectivity index (χ2n) is 4.97. The highest BCUT2D eigenvalue weighted by molar-refractivity contribution is 7.10. The van der Waals surface area contributed by atoms with Gasteiger partial charge in [-0.1, -0.05) is 6.07 Å². The van der Waals surface area contributed by atoms with E-state index in [1.54, 1.807) is 30.7 Å². The third kappa shape index (κ3) is 2.77. The van der Waals surface area contributed by atoms with Crippen LogP contribution in [-0.2, 0) is 17.8 Å². The smallest absolute Gasteiger partial charge is 0.325 e. The van der Waals surface area contributed by atoms with Gasteiger partial charge in [0, 0.05) is 30.2 Å².